The predicted molar refractivity (Wildman–Crippen MR) is 79.0 cm³/mol. The third-order valence-corrected chi connectivity index (χ3v) is 2.99. The number of aryl methyl sites for hydroxylation is 1. The van der Waals surface area contributed by atoms with Gasteiger partial charge in [0.25, 0.3) is 11.2 Å². The van der Waals surface area contributed by atoms with Gasteiger partial charge in [0.05, 0.1) is 11.1 Å². The first kappa shape index (κ1) is 16.4. The zero-order valence-corrected chi connectivity index (χ0v) is 12.8. The molecule has 1 aromatic heterocycles. The van der Waals surface area contributed by atoms with Gasteiger partial charge >= 0.3 is 0 Å². The number of rotatable bonds is 5. The third-order valence-electron chi connectivity index (χ3n) is 2.99. The van der Waals surface area contributed by atoms with Crippen molar-refractivity contribution in [3.63, 3.8) is 0 Å². The topological polar surface area (TPSA) is 77.2 Å². The zero-order chi connectivity index (χ0) is 15.5. The lowest BCUT2D eigenvalue weighted by Crippen LogP contribution is -2.40. The lowest BCUT2D eigenvalue weighted by atomic mass is 10.1. The Morgan fingerprint density at radius 3 is 2.55 bits per heavy atom. The molecule has 0 bridgehead atoms. The van der Waals surface area contributed by atoms with E-state index in [-0.39, 0.29) is 22.7 Å². The normalized spacial score (nSPS) is 13.2. The van der Waals surface area contributed by atoms with Gasteiger partial charge in [0.2, 0.25) is 0 Å². The van der Waals surface area contributed by atoms with E-state index in [1.807, 2.05) is 6.92 Å². The van der Waals surface area contributed by atoms with Crippen molar-refractivity contribution in [3.8, 4) is 0 Å². The molecule has 112 valence electrons. The first-order valence-electron chi connectivity index (χ1n) is 6.70. The van der Waals surface area contributed by atoms with Gasteiger partial charge in [-0.05, 0) is 40.2 Å². The number of nitro groups is 1. The molecule has 0 fully saturated rings. The molecule has 0 spiro atoms. The van der Waals surface area contributed by atoms with Crippen molar-refractivity contribution in [1.29, 1.82) is 0 Å². The molecule has 0 aliphatic heterocycles. The molecule has 20 heavy (non-hydrogen) atoms. The van der Waals surface area contributed by atoms with Crippen LogP contribution in [0.3, 0.4) is 0 Å². The SMILES string of the molecule is Cc1cc(=O)n(CC(C)CNC(C)(C)C)cc1[N+](=O)[O-]. The minimum Gasteiger partial charge on any atom is -0.312 e. The first-order chi connectivity index (χ1) is 9.10. The number of nitrogens with one attached hydrogen (secondary N) is 1. The second-order valence-electron chi connectivity index (χ2n) is 6.33. The molecule has 0 saturated heterocycles. The molecular weight excluding hydrogens is 258 g/mol. The highest BCUT2D eigenvalue weighted by molar-refractivity contribution is 5.35. The highest BCUT2D eigenvalue weighted by Gasteiger charge is 2.16. The van der Waals surface area contributed by atoms with Crippen molar-refractivity contribution < 1.29 is 4.92 Å². The second-order valence-corrected chi connectivity index (χ2v) is 6.33. The average molecular weight is 281 g/mol. The van der Waals surface area contributed by atoms with Crippen molar-refractivity contribution >= 4 is 5.69 Å². The van der Waals surface area contributed by atoms with Crippen molar-refractivity contribution in [2.75, 3.05) is 6.54 Å². The van der Waals surface area contributed by atoms with Crippen LogP contribution in [-0.2, 0) is 6.54 Å². The standard InChI is InChI=1S/C14H23N3O3/c1-10(7-15-14(3,4)5)8-16-9-12(17(19)20)11(2)6-13(16)18/h6,9-10,15H,7-8H2,1-5H3. The van der Waals surface area contributed by atoms with Gasteiger partial charge in [-0.3, -0.25) is 14.9 Å². The van der Waals surface area contributed by atoms with E-state index in [1.54, 1.807) is 6.92 Å². The highest BCUT2D eigenvalue weighted by atomic mass is 16.6. The van der Waals surface area contributed by atoms with E-state index >= 15 is 0 Å². The van der Waals surface area contributed by atoms with E-state index in [1.165, 1.54) is 16.8 Å². The fraction of sp³-hybridized carbons (Fsp3) is 0.643. The summed E-state index contributed by atoms with van der Waals surface area (Å²) in [6.07, 6.45) is 1.34. The molecule has 1 heterocycles. The summed E-state index contributed by atoms with van der Waals surface area (Å²) in [5, 5.41) is 14.3. The van der Waals surface area contributed by atoms with Crippen LogP contribution >= 0.6 is 0 Å². The smallest absolute Gasteiger partial charge is 0.288 e. The van der Waals surface area contributed by atoms with Crippen molar-refractivity contribution in [1.82, 2.24) is 9.88 Å². The lowest BCUT2D eigenvalue weighted by Gasteiger charge is -2.23. The summed E-state index contributed by atoms with van der Waals surface area (Å²) in [7, 11) is 0. The molecule has 0 aromatic carbocycles. The minimum absolute atomic E-state index is 0.0124. The van der Waals surface area contributed by atoms with Crippen molar-refractivity contribution in [2.24, 2.45) is 5.92 Å². The molecule has 0 amide bonds. The summed E-state index contributed by atoms with van der Waals surface area (Å²) < 4.78 is 1.42. The molecule has 1 N–H and O–H groups in total. The van der Waals surface area contributed by atoms with Gasteiger partial charge in [-0.2, -0.15) is 0 Å². The largest absolute Gasteiger partial charge is 0.312 e. The summed E-state index contributed by atoms with van der Waals surface area (Å²) in [6.45, 7) is 11.0. The molecule has 0 radical (unpaired) electrons. The molecule has 1 unspecified atom stereocenters. The summed E-state index contributed by atoms with van der Waals surface area (Å²) in [5.74, 6) is 0.203. The van der Waals surface area contributed by atoms with E-state index in [4.69, 9.17) is 0 Å². The zero-order valence-electron chi connectivity index (χ0n) is 12.8. The molecule has 1 aromatic rings. The Bertz CT molecular complexity index is 544. The highest BCUT2D eigenvalue weighted by Crippen LogP contribution is 2.14. The Labute approximate surface area is 119 Å². The molecule has 1 rings (SSSR count). The first-order valence-corrected chi connectivity index (χ1v) is 6.70. The van der Waals surface area contributed by atoms with Crippen LogP contribution in [0.1, 0.15) is 33.3 Å². The molecule has 6 heteroatoms. The number of hydrogen-bond acceptors (Lipinski definition) is 4. The Balaban J connectivity index is 2.84. The molecule has 0 aliphatic carbocycles. The fourth-order valence-corrected chi connectivity index (χ4v) is 1.87. The Morgan fingerprint density at radius 2 is 2.05 bits per heavy atom. The van der Waals surface area contributed by atoms with E-state index in [9.17, 15) is 14.9 Å². The number of nitrogens with zero attached hydrogens (tertiary/aromatic N) is 2. The maximum atomic E-state index is 11.9. The Hall–Kier alpha value is -1.69. The summed E-state index contributed by atoms with van der Waals surface area (Å²) in [4.78, 5) is 22.3. The Kier molecular flexibility index (Phi) is 5.05. The second kappa shape index (κ2) is 6.17. The van der Waals surface area contributed by atoms with Gasteiger partial charge < -0.3 is 9.88 Å². The molecule has 0 saturated carbocycles. The van der Waals surface area contributed by atoms with Crippen LogP contribution in [0.4, 0.5) is 5.69 Å². The molecule has 0 aliphatic rings. The minimum atomic E-state index is -0.455. The van der Waals surface area contributed by atoms with E-state index in [2.05, 4.69) is 26.1 Å². The van der Waals surface area contributed by atoms with Gasteiger partial charge in [-0.15, -0.1) is 0 Å². The van der Waals surface area contributed by atoms with Gasteiger partial charge in [0.1, 0.15) is 0 Å². The maximum Gasteiger partial charge on any atom is 0.288 e. The van der Waals surface area contributed by atoms with Crippen LogP contribution < -0.4 is 10.9 Å². The quantitative estimate of drug-likeness (QED) is 0.662. The van der Waals surface area contributed by atoms with E-state index in [0.717, 1.165) is 6.54 Å². The molecule has 6 nitrogen and oxygen atoms in total. The number of hydrogen-bond donors (Lipinski definition) is 1. The monoisotopic (exact) mass is 281 g/mol. The maximum absolute atomic E-state index is 11.9. The molecule has 1 atom stereocenters. The molecular formula is C14H23N3O3. The van der Waals surface area contributed by atoms with E-state index < -0.39 is 4.92 Å². The predicted octanol–water partition coefficient (Wildman–Crippen LogP) is 2.09. The van der Waals surface area contributed by atoms with Crippen molar-refractivity contribution in [3.05, 3.63) is 38.3 Å². The lowest BCUT2D eigenvalue weighted by molar-refractivity contribution is -0.385. The Morgan fingerprint density at radius 1 is 1.45 bits per heavy atom. The van der Waals surface area contributed by atoms with Gasteiger partial charge in [0, 0.05) is 23.7 Å². The summed E-state index contributed by atoms with van der Waals surface area (Å²) in [6, 6.07) is 1.32. The van der Waals surface area contributed by atoms with Crippen LogP contribution in [0.15, 0.2) is 17.1 Å². The summed E-state index contributed by atoms with van der Waals surface area (Å²) in [5.41, 5.74) is 0.200. The van der Waals surface area contributed by atoms with Crippen LogP contribution in [0.2, 0.25) is 0 Å². The average Bonchev–Trinajstić information content (AvgIpc) is 2.28. The van der Waals surface area contributed by atoms with Crippen LogP contribution in [0, 0.1) is 23.0 Å². The number of pyridine rings is 1. The van der Waals surface area contributed by atoms with Gasteiger partial charge in [-0.25, -0.2) is 0 Å². The van der Waals surface area contributed by atoms with Gasteiger partial charge in [-0.1, -0.05) is 6.92 Å². The van der Waals surface area contributed by atoms with Crippen LogP contribution in [-0.4, -0.2) is 21.6 Å². The van der Waals surface area contributed by atoms with Gasteiger partial charge in [0.15, 0.2) is 0 Å². The third kappa shape index (κ3) is 4.77. The number of aromatic nitrogens is 1. The van der Waals surface area contributed by atoms with Crippen LogP contribution in [0.5, 0.6) is 0 Å². The summed E-state index contributed by atoms with van der Waals surface area (Å²) >= 11 is 0. The fourth-order valence-electron chi connectivity index (χ4n) is 1.87. The van der Waals surface area contributed by atoms with E-state index in [0.29, 0.717) is 12.1 Å². The van der Waals surface area contributed by atoms with Crippen LogP contribution in [0.25, 0.3) is 0 Å². The van der Waals surface area contributed by atoms with Crippen molar-refractivity contribution in [2.45, 2.75) is 46.7 Å².